The number of nitriles is 1. The summed E-state index contributed by atoms with van der Waals surface area (Å²) in [5.41, 5.74) is -1.82. The molecule has 0 radical (unpaired) electrons. The van der Waals surface area contributed by atoms with Gasteiger partial charge in [-0.1, -0.05) is 0 Å². The van der Waals surface area contributed by atoms with Gasteiger partial charge in [-0.15, -0.1) is 0 Å². The lowest BCUT2D eigenvalue weighted by Crippen LogP contribution is -2.13. The maximum Gasteiger partial charge on any atom is 0.416 e. The first kappa shape index (κ1) is 27.4. The average molecular weight is 627 g/mol. The smallest absolute Gasteiger partial charge is 0.416 e. The van der Waals surface area contributed by atoms with Crippen molar-refractivity contribution in [3.63, 3.8) is 0 Å². The topological polar surface area (TPSA) is 114 Å². The van der Waals surface area contributed by atoms with E-state index >= 15 is 0 Å². The molecule has 0 spiro atoms. The zero-order valence-corrected chi connectivity index (χ0v) is 20.8. The molecule has 0 aliphatic heterocycles. The molecule has 1 amide bonds. The van der Waals surface area contributed by atoms with Crippen molar-refractivity contribution in [2.24, 2.45) is 0 Å². The minimum atomic E-state index is -4.79. The Kier molecular flexibility index (Phi) is 8.33. The molecular weight excluding hydrogens is 613 g/mol. The summed E-state index contributed by atoms with van der Waals surface area (Å²) in [6.45, 7) is 0. The van der Waals surface area contributed by atoms with Crippen molar-refractivity contribution < 1.29 is 36.8 Å². The number of hydrogen-bond acceptors (Lipinski definition) is 6. The van der Waals surface area contributed by atoms with Crippen LogP contribution in [0.15, 0.2) is 60.2 Å². The van der Waals surface area contributed by atoms with Crippen molar-refractivity contribution >= 4 is 45.9 Å². The van der Waals surface area contributed by atoms with E-state index in [1.165, 1.54) is 37.5 Å². The van der Waals surface area contributed by atoms with Crippen LogP contribution >= 0.6 is 22.6 Å². The zero-order chi connectivity index (χ0) is 27.3. The molecule has 0 aromatic heterocycles. The fourth-order valence-corrected chi connectivity index (χ4v) is 3.74. The Morgan fingerprint density at radius 3 is 2.38 bits per heavy atom. The third-order valence-electron chi connectivity index (χ3n) is 4.72. The van der Waals surface area contributed by atoms with E-state index in [1.54, 1.807) is 28.7 Å². The first-order valence-electron chi connectivity index (χ1n) is 10.0. The van der Waals surface area contributed by atoms with E-state index in [0.29, 0.717) is 21.3 Å². The molecule has 0 aliphatic carbocycles. The molecule has 0 fully saturated rings. The summed E-state index contributed by atoms with van der Waals surface area (Å²) < 4.78 is 63.2. The molecule has 13 heteroatoms. The van der Waals surface area contributed by atoms with Gasteiger partial charge < -0.3 is 14.8 Å². The molecule has 0 bridgehead atoms. The standard InChI is InChI=1S/C24H14F4IN3O5/c1-36-21-10-13(8-14(12-30)23(33)31-17-5-3-16(25)4-6-17)9-18(29)22(21)37-20-7-2-15(24(26,27)28)11-19(20)32(34)35/h2-11H,1H3,(H,31,33)/b14-8+. The van der Waals surface area contributed by atoms with E-state index in [-0.39, 0.29) is 22.8 Å². The van der Waals surface area contributed by atoms with Gasteiger partial charge in [0.25, 0.3) is 5.91 Å². The Hall–Kier alpha value is -4.19. The number of rotatable bonds is 7. The molecular formula is C24H14F4IN3O5. The third-order valence-corrected chi connectivity index (χ3v) is 5.53. The summed E-state index contributed by atoms with van der Waals surface area (Å²) in [5, 5.41) is 23.3. The number of benzene rings is 3. The number of carbonyl (C=O) groups is 1. The molecule has 37 heavy (non-hydrogen) atoms. The predicted octanol–water partition coefficient (Wildman–Crippen LogP) is 6.70. The lowest BCUT2D eigenvalue weighted by molar-refractivity contribution is -0.385. The second-order valence-electron chi connectivity index (χ2n) is 7.20. The van der Waals surface area contributed by atoms with Crippen LogP contribution in [0.3, 0.4) is 0 Å². The minimum absolute atomic E-state index is 0.0302. The van der Waals surface area contributed by atoms with Crippen LogP contribution in [0.25, 0.3) is 6.08 Å². The average Bonchev–Trinajstić information content (AvgIpc) is 2.84. The van der Waals surface area contributed by atoms with E-state index in [0.717, 1.165) is 18.2 Å². The van der Waals surface area contributed by atoms with E-state index in [2.05, 4.69) is 5.32 Å². The molecule has 0 atom stereocenters. The number of amides is 1. The van der Waals surface area contributed by atoms with Gasteiger partial charge in [-0.05, 0) is 82.8 Å². The summed E-state index contributed by atoms with van der Waals surface area (Å²) in [6.07, 6.45) is -3.54. The third kappa shape index (κ3) is 6.73. The van der Waals surface area contributed by atoms with Crippen LogP contribution in [0.1, 0.15) is 11.1 Å². The van der Waals surface area contributed by atoms with Gasteiger partial charge in [0.2, 0.25) is 5.75 Å². The lowest BCUT2D eigenvalue weighted by Gasteiger charge is -2.14. The Bertz CT molecular complexity index is 1430. The molecule has 0 heterocycles. The maximum atomic E-state index is 13.1. The zero-order valence-electron chi connectivity index (χ0n) is 18.6. The van der Waals surface area contributed by atoms with Crippen molar-refractivity contribution in [1.82, 2.24) is 0 Å². The van der Waals surface area contributed by atoms with Gasteiger partial charge in [0, 0.05) is 11.8 Å². The van der Waals surface area contributed by atoms with E-state index in [1.807, 2.05) is 0 Å². The van der Waals surface area contributed by atoms with Crippen LogP contribution in [-0.4, -0.2) is 17.9 Å². The number of nitro benzene ring substituents is 1. The van der Waals surface area contributed by atoms with E-state index in [4.69, 9.17) is 9.47 Å². The van der Waals surface area contributed by atoms with Gasteiger partial charge in [-0.3, -0.25) is 14.9 Å². The summed E-state index contributed by atoms with van der Waals surface area (Å²) in [7, 11) is 1.26. The first-order chi connectivity index (χ1) is 17.4. The number of halogens is 5. The fraction of sp³-hybridized carbons (Fsp3) is 0.0833. The van der Waals surface area contributed by atoms with Crippen LogP contribution < -0.4 is 14.8 Å². The number of carbonyl (C=O) groups excluding carboxylic acids is 1. The predicted molar refractivity (Wildman–Crippen MR) is 133 cm³/mol. The Balaban J connectivity index is 1.94. The van der Waals surface area contributed by atoms with Gasteiger partial charge in [-0.25, -0.2) is 4.39 Å². The highest BCUT2D eigenvalue weighted by atomic mass is 127. The highest BCUT2D eigenvalue weighted by Crippen LogP contribution is 2.42. The van der Waals surface area contributed by atoms with Crippen LogP contribution in [0.4, 0.5) is 28.9 Å². The van der Waals surface area contributed by atoms with E-state index in [9.17, 15) is 37.7 Å². The number of nitro groups is 1. The number of nitrogens with one attached hydrogen (secondary N) is 1. The van der Waals surface area contributed by atoms with E-state index < -0.39 is 39.8 Å². The summed E-state index contributed by atoms with van der Waals surface area (Å²) in [6, 6.07) is 11.4. The molecule has 8 nitrogen and oxygen atoms in total. The fourth-order valence-electron chi connectivity index (χ4n) is 3.00. The highest BCUT2D eigenvalue weighted by Gasteiger charge is 2.33. The molecule has 0 aliphatic rings. The normalized spacial score (nSPS) is 11.4. The molecule has 0 unspecified atom stereocenters. The molecule has 3 aromatic rings. The van der Waals surface area contributed by atoms with Gasteiger partial charge in [0.1, 0.15) is 17.5 Å². The van der Waals surface area contributed by atoms with Crippen LogP contribution in [0.2, 0.25) is 0 Å². The number of methoxy groups -OCH3 is 1. The van der Waals surface area contributed by atoms with Crippen LogP contribution in [-0.2, 0) is 11.0 Å². The summed E-state index contributed by atoms with van der Waals surface area (Å²) >= 11 is 1.81. The monoisotopic (exact) mass is 627 g/mol. The minimum Gasteiger partial charge on any atom is -0.493 e. The second-order valence-corrected chi connectivity index (χ2v) is 8.37. The van der Waals surface area contributed by atoms with Gasteiger partial charge in [0.05, 0.1) is 21.2 Å². The van der Waals surface area contributed by atoms with Gasteiger partial charge in [-0.2, -0.15) is 18.4 Å². The highest BCUT2D eigenvalue weighted by molar-refractivity contribution is 14.1. The van der Waals surface area contributed by atoms with Crippen molar-refractivity contribution in [2.75, 3.05) is 12.4 Å². The Labute approximate surface area is 220 Å². The van der Waals surface area contributed by atoms with Gasteiger partial charge >= 0.3 is 11.9 Å². The van der Waals surface area contributed by atoms with Crippen molar-refractivity contribution in [1.29, 1.82) is 5.26 Å². The summed E-state index contributed by atoms with van der Waals surface area (Å²) in [4.78, 5) is 22.9. The number of alkyl halides is 3. The molecule has 1 N–H and O–H groups in total. The van der Waals surface area contributed by atoms with Crippen molar-refractivity contribution in [3.8, 4) is 23.3 Å². The lowest BCUT2D eigenvalue weighted by atomic mass is 10.1. The number of nitrogens with zero attached hydrogens (tertiary/aromatic N) is 2. The number of ether oxygens (including phenoxy) is 2. The molecule has 190 valence electrons. The Morgan fingerprint density at radius 2 is 1.81 bits per heavy atom. The van der Waals surface area contributed by atoms with Crippen molar-refractivity contribution in [2.45, 2.75) is 6.18 Å². The molecule has 3 rings (SSSR count). The second kappa shape index (κ2) is 11.2. The number of anilines is 1. The molecule has 3 aromatic carbocycles. The largest absolute Gasteiger partial charge is 0.493 e. The van der Waals surface area contributed by atoms with Crippen LogP contribution in [0, 0.1) is 30.8 Å². The van der Waals surface area contributed by atoms with Crippen LogP contribution in [0.5, 0.6) is 17.2 Å². The van der Waals surface area contributed by atoms with Gasteiger partial charge in [0.15, 0.2) is 11.5 Å². The first-order valence-corrected chi connectivity index (χ1v) is 11.1. The SMILES string of the molecule is COc1cc(/C=C(\C#N)C(=O)Nc2ccc(F)cc2)cc(I)c1Oc1ccc(C(F)(F)F)cc1[N+](=O)[O-]. The van der Waals surface area contributed by atoms with Crippen molar-refractivity contribution in [3.05, 3.63) is 90.8 Å². The quantitative estimate of drug-likeness (QED) is 0.0779. The maximum absolute atomic E-state index is 13.1. The number of hydrogen-bond donors (Lipinski definition) is 1. The Morgan fingerprint density at radius 1 is 1.14 bits per heavy atom. The molecule has 0 saturated heterocycles. The molecule has 0 saturated carbocycles. The summed E-state index contributed by atoms with van der Waals surface area (Å²) in [5.74, 6) is -1.71.